The summed E-state index contributed by atoms with van der Waals surface area (Å²) in [5.41, 5.74) is -0.363. The minimum absolute atomic E-state index is 0.0662. The highest BCUT2D eigenvalue weighted by atomic mass is 79.9. The minimum Gasteiger partial charge on any atom is -0.480 e. The van der Waals surface area contributed by atoms with Crippen LogP contribution in [0, 0.1) is 5.41 Å². The SMILES string of the molecule is COc1nc(N2CC(NC(=O)C(C)(C)C)C2)ncc1Br. The van der Waals surface area contributed by atoms with E-state index >= 15 is 0 Å². The fourth-order valence-electron chi connectivity index (χ4n) is 1.77. The van der Waals surface area contributed by atoms with E-state index in [-0.39, 0.29) is 17.4 Å². The van der Waals surface area contributed by atoms with Crippen LogP contribution in [0.4, 0.5) is 5.95 Å². The number of nitrogens with one attached hydrogen (secondary N) is 1. The van der Waals surface area contributed by atoms with E-state index in [9.17, 15) is 4.79 Å². The highest BCUT2D eigenvalue weighted by Crippen LogP contribution is 2.25. The number of methoxy groups -OCH3 is 1. The third-order valence-corrected chi connectivity index (χ3v) is 3.62. The molecule has 1 aromatic rings. The van der Waals surface area contributed by atoms with Crippen LogP contribution in [-0.2, 0) is 4.79 Å². The second-order valence-corrected chi connectivity index (χ2v) is 6.71. The molecule has 0 aromatic carbocycles. The first-order valence-electron chi connectivity index (χ1n) is 6.43. The molecule has 110 valence electrons. The van der Waals surface area contributed by atoms with Gasteiger partial charge in [0.2, 0.25) is 17.7 Å². The maximum atomic E-state index is 11.9. The largest absolute Gasteiger partial charge is 0.480 e. The summed E-state index contributed by atoms with van der Waals surface area (Å²) >= 11 is 3.32. The van der Waals surface area contributed by atoms with Crippen LogP contribution in [0.15, 0.2) is 10.7 Å². The molecule has 1 fully saturated rings. The quantitative estimate of drug-likeness (QED) is 0.903. The molecule has 0 bridgehead atoms. The van der Waals surface area contributed by atoms with Gasteiger partial charge in [0.15, 0.2) is 0 Å². The lowest BCUT2D eigenvalue weighted by atomic mass is 9.94. The van der Waals surface area contributed by atoms with Gasteiger partial charge in [0.1, 0.15) is 0 Å². The van der Waals surface area contributed by atoms with E-state index in [1.807, 2.05) is 25.7 Å². The third-order valence-electron chi connectivity index (χ3n) is 3.07. The molecule has 1 saturated heterocycles. The fraction of sp³-hybridized carbons (Fsp3) is 0.615. The Labute approximate surface area is 127 Å². The molecule has 2 heterocycles. The molecule has 6 nitrogen and oxygen atoms in total. The standard InChI is InChI=1S/C13H19BrN4O2/c1-13(2,3)11(19)16-8-6-18(7-8)12-15-5-9(14)10(17-12)20-4/h5,8H,6-7H2,1-4H3,(H,16,19). The molecular weight excluding hydrogens is 324 g/mol. The Morgan fingerprint density at radius 3 is 2.70 bits per heavy atom. The molecule has 0 atom stereocenters. The van der Waals surface area contributed by atoms with Crippen molar-refractivity contribution in [3.05, 3.63) is 10.7 Å². The van der Waals surface area contributed by atoms with Crippen molar-refractivity contribution >= 4 is 27.8 Å². The van der Waals surface area contributed by atoms with Crippen molar-refractivity contribution in [2.75, 3.05) is 25.1 Å². The molecule has 1 aliphatic heterocycles. The predicted octanol–water partition coefficient (Wildman–Crippen LogP) is 1.60. The van der Waals surface area contributed by atoms with Gasteiger partial charge >= 0.3 is 0 Å². The molecule has 7 heteroatoms. The zero-order valence-electron chi connectivity index (χ0n) is 12.1. The van der Waals surface area contributed by atoms with Crippen LogP contribution < -0.4 is 15.0 Å². The van der Waals surface area contributed by atoms with Gasteiger partial charge in [-0.25, -0.2) is 4.98 Å². The maximum absolute atomic E-state index is 11.9. The average Bonchev–Trinajstić information content (AvgIpc) is 2.33. The van der Waals surface area contributed by atoms with E-state index in [4.69, 9.17) is 4.74 Å². The Kier molecular flexibility index (Phi) is 4.17. The molecule has 0 aliphatic carbocycles. The lowest BCUT2D eigenvalue weighted by molar-refractivity contribution is -0.129. The van der Waals surface area contributed by atoms with Gasteiger partial charge in [0, 0.05) is 18.5 Å². The second-order valence-electron chi connectivity index (χ2n) is 5.85. The average molecular weight is 343 g/mol. The highest BCUT2D eigenvalue weighted by molar-refractivity contribution is 9.10. The topological polar surface area (TPSA) is 67.3 Å². The predicted molar refractivity (Wildman–Crippen MR) is 79.9 cm³/mol. The molecule has 20 heavy (non-hydrogen) atoms. The molecule has 1 amide bonds. The summed E-state index contributed by atoms with van der Waals surface area (Å²) < 4.78 is 5.87. The van der Waals surface area contributed by atoms with Gasteiger partial charge in [-0.3, -0.25) is 4.79 Å². The zero-order chi connectivity index (χ0) is 14.9. The molecular formula is C13H19BrN4O2. The normalized spacial score (nSPS) is 15.8. The van der Waals surface area contributed by atoms with E-state index in [1.54, 1.807) is 13.3 Å². The fourth-order valence-corrected chi connectivity index (χ4v) is 2.13. The molecule has 0 saturated carbocycles. The van der Waals surface area contributed by atoms with Gasteiger partial charge in [-0.2, -0.15) is 4.98 Å². The van der Waals surface area contributed by atoms with E-state index in [0.29, 0.717) is 24.9 Å². The second kappa shape index (κ2) is 5.55. The number of nitrogens with zero attached hydrogens (tertiary/aromatic N) is 3. The molecule has 1 N–H and O–H groups in total. The van der Waals surface area contributed by atoms with Crippen molar-refractivity contribution in [1.82, 2.24) is 15.3 Å². The third kappa shape index (κ3) is 3.20. The number of ether oxygens (including phenoxy) is 1. The van der Waals surface area contributed by atoms with Crippen molar-refractivity contribution in [1.29, 1.82) is 0 Å². The Balaban J connectivity index is 1.92. The number of hydrogen-bond donors (Lipinski definition) is 1. The van der Waals surface area contributed by atoms with E-state index in [2.05, 4.69) is 31.2 Å². The Morgan fingerprint density at radius 1 is 1.50 bits per heavy atom. The summed E-state index contributed by atoms with van der Waals surface area (Å²) in [5.74, 6) is 1.19. The van der Waals surface area contributed by atoms with Gasteiger partial charge < -0.3 is 15.0 Å². The number of hydrogen-bond acceptors (Lipinski definition) is 5. The van der Waals surface area contributed by atoms with Gasteiger partial charge in [-0.15, -0.1) is 0 Å². The number of amides is 1. The van der Waals surface area contributed by atoms with Crippen molar-refractivity contribution < 1.29 is 9.53 Å². The van der Waals surface area contributed by atoms with Gasteiger partial charge in [0.05, 0.1) is 23.8 Å². The number of anilines is 1. The molecule has 0 unspecified atom stereocenters. The molecule has 0 radical (unpaired) electrons. The number of aromatic nitrogens is 2. The van der Waals surface area contributed by atoms with Crippen LogP contribution in [0.2, 0.25) is 0 Å². The highest BCUT2D eigenvalue weighted by Gasteiger charge is 2.33. The monoisotopic (exact) mass is 342 g/mol. The Morgan fingerprint density at radius 2 is 2.15 bits per heavy atom. The molecule has 1 aliphatic rings. The summed E-state index contributed by atoms with van der Waals surface area (Å²) in [6.45, 7) is 7.14. The van der Waals surface area contributed by atoms with Crippen LogP contribution in [0.5, 0.6) is 5.88 Å². The first-order chi connectivity index (χ1) is 9.31. The van der Waals surface area contributed by atoms with E-state index < -0.39 is 0 Å². The van der Waals surface area contributed by atoms with Crippen molar-refractivity contribution in [3.8, 4) is 5.88 Å². The smallest absolute Gasteiger partial charge is 0.232 e. The van der Waals surface area contributed by atoms with Crippen LogP contribution in [0.25, 0.3) is 0 Å². The lowest BCUT2D eigenvalue weighted by Gasteiger charge is -2.40. The number of carbonyl (C=O) groups excluding carboxylic acids is 1. The van der Waals surface area contributed by atoms with Gasteiger partial charge in [-0.1, -0.05) is 20.8 Å². The molecule has 2 rings (SSSR count). The summed E-state index contributed by atoms with van der Waals surface area (Å²) in [5, 5.41) is 3.02. The zero-order valence-corrected chi connectivity index (χ0v) is 13.7. The summed E-state index contributed by atoms with van der Waals surface area (Å²) in [4.78, 5) is 22.4. The first-order valence-corrected chi connectivity index (χ1v) is 7.23. The minimum atomic E-state index is -0.363. The number of carbonyl (C=O) groups is 1. The van der Waals surface area contributed by atoms with Crippen molar-refractivity contribution in [3.63, 3.8) is 0 Å². The molecule has 0 spiro atoms. The van der Waals surface area contributed by atoms with Gasteiger partial charge in [0.25, 0.3) is 0 Å². The Bertz CT molecular complexity index is 510. The number of rotatable bonds is 3. The van der Waals surface area contributed by atoms with Crippen LogP contribution in [0.1, 0.15) is 20.8 Å². The van der Waals surface area contributed by atoms with E-state index in [0.717, 1.165) is 4.47 Å². The van der Waals surface area contributed by atoms with Crippen molar-refractivity contribution in [2.45, 2.75) is 26.8 Å². The lowest BCUT2D eigenvalue weighted by Crippen LogP contribution is -2.61. The van der Waals surface area contributed by atoms with Crippen LogP contribution >= 0.6 is 15.9 Å². The van der Waals surface area contributed by atoms with E-state index in [1.165, 1.54) is 0 Å². The van der Waals surface area contributed by atoms with Crippen LogP contribution in [-0.4, -0.2) is 42.1 Å². The maximum Gasteiger partial charge on any atom is 0.232 e. The van der Waals surface area contributed by atoms with Crippen LogP contribution in [0.3, 0.4) is 0 Å². The summed E-state index contributed by atoms with van der Waals surface area (Å²) in [6, 6.07) is 0.153. The number of halogens is 1. The van der Waals surface area contributed by atoms with Gasteiger partial charge in [-0.05, 0) is 15.9 Å². The summed E-state index contributed by atoms with van der Waals surface area (Å²) in [7, 11) is 1.57. The van der Waals surface area contributed by atoms with Crippen molar-refractivity contribution in [2.24, 2.45) is 5.41 Å². The first kappa shape index (κ1) is 15.0. The molecule has 1 aromatic heterocycles. The summed E-state index contributed by atoms with van der Waals surface area (Å²) in [6.07, 6.45) is 1.67. The Hall–Kier alpha value is -1.37.